The summed E-state index contributed by atoms with van der Waals surface area (Å²) in [6.45, 7) is 5.09. The van der Waals surface area contributed by atoms with Crippen LogP contribution in [0.15, 0.2) is 24.3 Å². The minimum atomic E-state index is -0.142. The van der Waals surface area contributed by atoms with E-state index in [4.69, 9.17) is 17.0 Å². The minimum absolute atomic E-state index is 0.142. The van der Waals surface area contributed by atoms with Gasteiger partial charge in [0.1, 0.15) is 4.32 Å². The molecule has 0 N–H and O–H groups in total. The van der Waals surface area contributed by atoms with Crippen LogP contribution in [0, 0.1) is 6.92 Å². The Kier molecular flexibility index (Phi) is 5.43. The highest BCUT2D eigenvalue weighted by atomic mass is 32.2. The van der Waals surface area contributed by atoms with Crippen molar-refractivity contribution in [2.75, 3.05) is 12.4 Å². The van der Waals surface area contributed by atoms with E-state index in [1.807, 2.05) is 6.92 Å². The van der Waals surface area contributed by atoms with Crippen molar-refractivity contribution in [2.45, 2.75) is 32.9 Å². The van der Waals surface area contributed by atoms with Crippen molar-refractivity contribution in [3.8, 4) is 0 Å². The average Bonchev–Trinajstić information content (AvgIpc) is 2.74. The first-order valence-corrected chi connectivity index (χ1v) is 8.14. The van der Waals surface area contributed by atoms with E-state index in [0.717, 1.165) is 16.6 Å². The molecule has 1 atom stereocenters. The molecule has 1 aromatic rings. The maximum atomic E-state index is 11.6. The fraction of sp³-hybridized carbons (Fsp3) is 0.467. The van der Waals surface area contributed by atoms with Crippen LogP contribution in [0.4, 0.5) is 0 Å². The molecule has 108 valence electrons. The number of nitrogens with zero attached hydrogens (tertiary/aromatic N) is 1. The van der Waals surface area contributed by atoms with E-state index in [-0.39, 0.29) is 12.0 Å². The third-order valence-electron chi connectivity index (χ3n) is 3.26. The maximum absolute atomic E-state index is 11.6. The molecular weight excluding hydrogens is 290 g/mol. The van der Waals surface area contributed by atoms with Gasteiger partial charge in [-0.25, -0.2) is 0 Å². The Morgan fingerprint density at radius 1 is 1.45 bits per heavy atom. The fourth-order valence-electron chi connectivity index (χ4n) is 2.15. The van der Waals surface area contributed by atoms with Gasteiger partial charge in [-0.05, 0) is 19.4 Å². The largest absolute Gasteiger partial charge is 0.466 e. The molecule has 1 aliphatic rings. The molecule has 0 saturated carbocycles. The Hall–Kier alpha value is -1.07. The summed E-state index contributed by atoms with van der Waals surface area (Å²) in [6, 6.07) is 8.57. The lowest BCUT2D eigenvalue weighted by atomic mass is 10.1. The molecule has 1 heterocycles. The Bertz CT molecular complexity index is 487. The predicted octanol–water partition coefficient (Wildman–Crippen LogP) is 3.15. The number of hydrogen-bond donors (Lipinski definition) is 0. The SMILES string of the molecule is CCOC(=O)CC1CSC(=S)N1Cc1ccc(C)cc1. The molecule has 0 aromatic heterocycles. The molecule has 1 unspecified atom stereocenters. The van der Waals surface area contributed by atoms with Gasteiger partial charge in [-0.15, -0.1) is 0 Å². The molecule has 0 bridgehead atoms. The molecule has 1 aromatic carbocycles. The van der Waals surface area contributed by atoms with Gasteiger partial charge in [-0.2, -0.15) is 0 Å². The van der Waals surface area contributed by atoms with Crippen molar-refractivity contribution in [1.82, 2.24) is 4.90 Å². The summed E-state index contributed by atoms with van der Waals surface area (Å²) >= 11 is 7.04. The van der Waals surface area contributed by atoms with Crippen LogP contribution in [0.2, 0.25) is 0 Å². The number of hydrogen-bond acceptors (Lipinski definition) is 4. The topological polar surface area (TPSA) is 29.5 Å². The van der Waals surface area contributed by atoms with Gasteiger partial charge in [0.15, 0.2) is 0 Å². The number of carbonyl (C=O) groups is 1. The van der Waals surface area contributed by atoms with Crippen molar-refractivity contribution < 1.29 is 9.53 Å². The second-order valence-corrected chi connectivity index (χ2v) is 6.51. The highest BCUT2D eigenvalue weighted by molar-refractivity contribution is 8.23. The van der Waals surface area contributed by atoms with Crippen LogP contribution < -0.4 is 0 Å². The third-order valence-corrected chi connectivity index (χ3v) is 4.88. The summed E-state index contributed by atoms with van der Waals surface area (Å²) < 4.78 is 5.91. The lowest BCUT2D eigenvalue weighted by molar-refractivity contribution is -0.144. The van der Waals surface area contributed by atoms with Gasteiger partial charge in [0, 0.05) is 12.3 Å². The zero-order valence-corrected chi connectivity index (χ0v) is 13.4. The third kappa shape index (κ3) is 3.96. The molecular formula is C15H19NO2S2. The van der Waals surface area contributed by atoms with Crippen molar-refractivity contribution in [1.29, 1.82) is 0 Å². The van der Waals surface area contributed by atoms with Crippen molar-refractivity contribution >= 4 is 34.3 Å². The van der Waals surface area contributed by atoms with Crippen LogP contribution in [-0.4, -0.2) is 33.6 Å². The summed E-state index contributed by atoms with van der Waals surface area (Å²) in [5.41, 5.74) is 2.46. The van der Waals surface area contributed by atoms with Crippen LogP contribution in [-0.2, 0) is 16.1 Å². The molecule has 0 spiro atoms. The molecule has 1 fully saturated rings. The quantitative estimate of drug-likeness (QED) is 0.616. The van der Waals surface area contributed by atoms with Crippen LogP contribution >= 0.6 is 24.0 Å². The van der Waals surface area contributed by atoms with Gasteiger partial charge in [-0.3, -0.25) is 4.79 Å². The van der Waals surface area contributed by atoms with Gasteiger partial charge in [0.2, 0.25) is 0 Å². The van der Waals surface area contributed by atoms with Gasteiger partial charge in [0.25, 0.3) is 0 Å². The molecule has 0 amide bonds. The molecule has 2 rings (SSSR count). The number of ether oxygens (including phenoxy) is 1. The first-order chi connectivity index (χ1) is 9.60. The molecule has 1 aliphatic heterocycles. The second-order valence-electron chi connectivity index (χ2n) is 4.85. The van der Waals surface area contributed by atoms with E-state index in [9.17, 15) is 4.79 Å². The van der Waals surface area contributed by atoms with Crippen molar-refractivity contribution in [2.24, 2.45) is 0 Å². The standard InChI is InChI=1S/C15H19NO2S2/c1-3-18-14(17)8-13-10-20-15(19)16(13)9-12-6-4-11(2)5-7-12/h4-7,13H,3,8-10H2,1-2H3. The normalized spacial score (nSPS) is 18.4. The zero-order chi connectivity index (χ0) is 14.5. The van der Waals surface area contributed by atoms with Gasteiger partial charge < -0.3 is 9.64 Å². The van der Waals surface area contributed by atoms with Gasteiger partial charge in [0.05, 0.1) is 19.1 Å². The Morgan fingerprint density at radius 3 is 2.80 bits per heavy atom. The number of esters is 1. The molecule has 1 saturated heterocycles. The molecule has 5 heteroatoms. The highest BCUT2D eigenvalue weighted by Gasteiger charge is 2.31. The average molecular weight is 309 g/mol. The van der Waals surface area contributed by atoms with E-state index in [1.54, 1.807) is 11.8 Å². The molecule has 0 aliphatic carbocycles. The van der Waals surface area contributed by atoms with E-state index in [0.29, 0.717) is 13.0 Å². The lowest BCUT2D eigenvalue weighted by Crippen LogP contribution is -2.34. The first kappa shape index (κ1) is 15.3. The minimum Gasteiger partial charge on any atom is -0.466 e. The Morgan fingerprint density at radius 2 is 2.15 bits per heavy atom. The number of thioether (sulfide) groups is 1. The molecule has 20 heavy (non-hydrogen) atoms. The summed E-state index contributed by atoms with van der Waals surface area (Å²) in [5.74, 6) is 0.723. The molecule has 3 nitrogen and oxygen atoms in total. The highest BCUT2D eigenvalue weighted by Crippen LogP contribution is 2.28. The van der Waals surface area contributed by atoms with Crippen LogP contribution in [0.3, 0.4) is 0 Å². The number of aryl methyl sites for hydroxylation is 1. The molecule has 0 radical (unpaired) electrons. The van der Waals surface area contributed by atoms with Crippen molar-refractivity contribution in [3.63, 3.8) is 0 Å². The summed E-state index contributed by atoms with van der Waals surface area (Å²) in [6.07, 6.45) is 0.410. The number of rotatable bonds is 5. The Balaban J connectivity index is 2.01. The van der Waals surface area contributed by atoms with Crippen LogP contribution in [0.5, 0.6) is 0 Å². The van der Waals surface area contributed by atoms with Crippen LogP contribution in [0.25, 0.3) is 0 Å². The van der Waals surface area contributed by atoms with E-state index < -0.39 is 0 Å². The smallest absolute Gasteiger partial charge is 0.307 e. The number of carbonyl (C=O) groups excluding carboxylic acids is 1. The summed E-state index contributed by atoms with van der Waals surface area (Å²) in [4.78, 5) is 13.8. The number of thiocarbonyl (C=S) groups is 1. The lowest BCUT2D eigenvalue weighted by Gasteiger charge is -2.25. The van der Waals surface area contributed by atoms with E-state index in [2.05, 4.69) is 36.1 Å². The predicted molar refractivity (Wildman–Crippen MR) is 86.8 cm³/mol. The second kappa shape index (κ2) is 7.09. The number of benzene rings is 1. The van der Waals surface area contributed by atoms with Gasteiger partial charge >= 0.3 is 5.97 Å². The van der Waals surface area contributed by atoms with Gasteiger partial charge in [-0.1, -0.05) is 53.8 Å². The fourth-order valence-corrected chi connectivity index (χ4v) is 3.58. The Labute approximate surface area is 129 Å². The van der Waals surface area contributed by atoms with Crippen LogP contribution in [0.1, 0.15) is 24.5 Å². The zero-order valence-electron chi connectivity index (χ0n) is 11.8. The summed E-state index contributed by atoms with van der Waals surface area (Å²) in [5, 5.41) is 0. The maximum Gasteiger partial charge on any atom is 0.307 e. The first-order valence-electron chi connectivity index (χ1n) is 6.74. The summed E-state index contributed by atoms with van der Waals surface area (Å²) in [7, 11) is 0. The van der Waals surface area contributed by atoms with Crippen molar-refractivity contribution in [3.05, 3.63) is 35.4 Å². The monoisotopic (exact) mass is 309 g/mol. The van der Waals surface area contributed by atoms with E-state index >= 15 is 0 Å². The van der Waals surface area contributed by atoms with E-state index in [1.165, 1.54) is 11.1 Å².